The molecule has 1 fully saturated rings. The van der Waals surface area contributed by atoms with E-state index in [1.54, 1.807) is 0 Å². The average Bonchev–Trinajstić information content (AvgIpc) is 2.36. The molecule has 0 bridgehead atoms. The van der Waals surface area contributed by atoms with E-state index in [2.05, 4.69) is 0 Å². The van der Waals surface area contributed by atoms with Crippen LogP contribution in [-0.2, 0) is 16.4 Å². The third kappa shape index (κ3) is 3.03. The highest BCUT2D eigenvalue weighted by molar-refractivity contribution is 7.92. The molecule has 1 N–H and O–H groups in total. The van der Waals surface area contributed by atoms with Crippen molar-refractivity contribution in [2.45, 2.75) is 25.7 Å². The lowest BCUT2D eigenvalue weighted by atomic mass is 10.1. The molecule has 0 spiro atoms. The monoisotopic (exact) mass is 269 g/mol. The van der Waals surface area contributed by atoms with Gasteiger partial charge in [-0.05, 0) is 43.4 Å². The molecule has 100 valence electrons. The first-order valence-electron chi connectivity index (χ1n) is 6.34. The minimum atomic E-state index is -3.13. The molecule has 0 amide bonds. The summed E-state index contributed by atoms with van der Waals surface area (Å²) < 4.78 is 25.5. The Morgan fingerprint density at radius 1 is 1.28 bits per heavy atom. The minimum absolute atomic E-state index is 0.159. The summed E-state index contributed by atoms with van der Waals surface area (Å²) in [4.78, 5) is 0. The van der Waals surface area contributed by atoms with E-state index < -0.39 is 10.0 Å². The molecular formula is C13H19NO3S. The van der Waals surface area contributed by atoms with Crippen molar-refractivity contribution in [3.63, 3.8) is 0 Å². The van der Waals surface area contributed by atoms with Crippen LogP contribution in [0.15, 0.2) is 24.3 Å². The average molecular weight is 269 g/mol. The summed E-state index contributed by atoms with van der Waals surface area (Å²) >= 11 is 0. The molecule has 1 aromatic rings. The summed E-state index contributed by atoms with van der Waals surface area (Å²) in [5, 5.41) is 8.82. The lowest BCUT2D eigenvalue weighted by Crippen LogP contribution is -2.37. The number of rotatable bonds is 4. The van der Waals surface area contributed by atoms with Crippen LogP contribution in [0.2, 0.25) is 0 Å². The van der Waals surface area contributed by atoms with E-state index in [-0.39, 0.29) is 12.4 Å². The van der Waals surface area contributed by atoms with Gasteiger partial charge in [0, 0.05) is 13.2 Å². The molecule has 1 aliphatic heterocycles. The first-order chi connectivity index (χ1) is 8.63. The Kier molecular flexibility index (Phi) is 4.24. The molecule has 1 aromatic carbocycles. The maximum absolute atomic E-state index is 12.0. The normalized spacial score (nSPS) is 18.8. The number of aliphatic hydroxyl groups excluding tert-OH is 1. The Morgan fingerprint density at radius 3 is 2.83 bits per heavy atom. The third-order valence-corrected chi connectivity index (χ3v) is 5.04. The third-order valence-electron chi connectivity index (χ3n) is 3.17. The zero-order valence-corrected chi connectivity index (χ0v) is 11.2. The number of benzene rings is 1. The predicted octanol–water partition coefficient (Wildman–Crippen LogP) is 1.54. The van der Waals surface area contributed by atoms with Gasteiger partial charge in [-0.15, -0.1) is 0 Å². The summed E-state index contributed by atoms with van der Waals surface area (Å²) in [6.07, 6.45) is 3.15. The number of nitrogens with zero attached hydrogens (tertiary/aromatic N) is 1. The summed E-state index contributed by atoms with van der Waals surface area (Å²) in [5.74, 6) is 0.244. The molecule has 0 aromatic heterocycles. The number of anilines is 1. The maximum Gasteiger partial charge on any atom is 0.235 e. The topological polar surface area (TPSA) is 57.6 Å². The minimum Gasteiger partial charge on any atom is -0.396 e. The Bertz CT molecular complexity index is 499. The Morgan fingerprint density at radius 2 is 2.11 bits per heavy atom. The van der Waals surface area contributed by atoms with Crippen LogP contribution >= 0.6 is 0 Å². The van der Waals surface area contributed by atoms with E-state index in [0.717, 1.165) is 30.5 Å². The SMILES string of the molecule is O=S1(=O)CCCCN1c1cccc(CCCO)c1. The van der Waals surface area contributed by atoms with Gasteiger partial charge >= 0.3 is 0 Å². The maximum atomic E-state index is 12.0. The standard InChI is InChI=1S/C13H19NO3S/c15-9-4-6-12-5-3-7-13(11-12)14-8-1-2-10-18(14,16)17/h3,5,7,11,15H,1-2,4,6,8-10H2. The first kappa shape index (κ1) is 13.4. The van der Waals surface area contributed by atoms with Crippen molar-refractivity contribution in [3.05, 3.63) is 29.8 Å². The fourth-order valence-corrected chi connectivity index (χ4v) is 3.86. The van der Waals surface area contributed by atoms with E-state index in [0.29, 0.717) is 13.0 Å². The second kappa shape index (κ2) is 5.71. The summed E-state index contributed by atoms with van der Waals surface area (Å²) in [7, 11) is -3.13. The predicted molar refractivity (Wildman–Crippen MR) is 72.2 cm³/mol. The molecule has 0 aliphatic carbocycles. The largest absolute Gasteiger partial charge is 0.396 e. The van der Waals surface area contributed by atoms with E-state index >= 15 is 0 Å². The zero-order chi connectivity index (χ0) is 13.0. The fraction of sp³-hybridized carbons (Fsp3) is 0.538. The van der Waals surface area contributed by atoms with Crippen LogP contribution in [0.25, 0.3) is 0 Å². The fourth-order valence-electron chi connectivity index (χ4n) is 2.23. The van der Waals surface area contributed by atoms with Crippen molar-refractivity contribution in [1.82, 2.24) is 0 Å². The second-order valence-electron chi connectivity index (χ2n) is 4.59. The van der Waals surface area contributed by atoms with E-state index in [4.69, 9.17) is 5.11 Å². The Balaban J connectivity index is 2.21. The van der Waals surface area contributed by atoms with Crippen LogP contribution in [0.4, 0.5) is 5.69 Å². The molecule has 0 radical (unpaired) electrons. The quantitative estimate of drug-likeness (QED) is 0.902. The zero-order valence-electron chi connectivity index (χ0n) is 10.4. The van der Waals surface area contributed by atoms with Crippen LogP contribution in [0.1, 0.15) is 24.8 Å². The van der Waals surface area contributed by atoms with Gasteiger partial charge in [0.2, 0.25) is 10.0 Å². The molecule has 0 saturated carbocycles. The van der Waals surface area contributed by atoms with Crippen LogP contribution in [0.5, 0.6) is 0 Å². The smallest absolute Gasteiger partial charge is 0.235 e. The molecule has 1 heterocycles. The van der Waals surface area contributed by atoms with Crippen molar-refractivity contribution in [2.75, 3.05) is 23.2 Å². The van der Waals surface area contributed by atoms with E-state index in [9.17, 15) is 8.42 Å². The van der Waals surface area contributed by atoms with Crippen molar-refractivity contribution < 1.29 is 13.5 Å². The highest BCUT2D eigenvalue weighted by Crippen LogP contribution is 2.24. The molecule has 1 saturated heterocycles. The van der Waals surface area contributed by atoms with Gasteiger partial charge in [0.05, 0.1) is 11.4 Å². The van der Waals surface area contributed by atoms with Crippen LogP contribution in [0.3, 0.4) is 0 Å². The number of aryl methyl sites for hydroxylation is 1. The van der Waals surface area contributed by atoms with Crippen molar-refractivity contribution in [3.8, 4) is 0 Å². The number of hydrogen-bond acceptors (Lipinski definition) is 3. The van der Waals surface area contributed by atoms with Gasteiger partial charge in [0.25, 0.3) is 0 Å². The summed E-state index contributed by atoms with van der Waals surface area (Å²) in [6.45, 7) is 0.734. The Labute approximate surface area is 108 Å². The van der Waals surface area contributed by atoms with Gasteiger partial charge < -0.3 is 5.11 Å². The van der Waals surface area contributed by atoms with Crippen molar-refractivity contribution in [2.24, 2.45) is 0 Å². The van der Waals surface area contributed by atoms with Gasteiger partial charge in [-0.2, -0.15) is 0 Å². The van der Waals surface area contributed by atoms with Gasteiger partial charge in [-0.25, -0.2) is 8.42 Å². The highest BCUT2D eigenvalue weighted by atomic mass is 32.2. The lowest BCUT2D eigenvalue weighted by molar-refractivity contribution is 0.288. The molecule has 0 atom stereocenters. The first-order valence-corrected chi connectivity index (χ1v) is 7.94. The van der Waals surface area contributed by atoms with Crippen LogP contribution in [0, 0.1) is 0 Å². The van der Waals surface area contributed by atoms with Crippen LogP contribution in [-0.4, -0.2) is 32.4 Å². The molecule has 4 nitrogen and oxygen atoms in total. The van der Waals surface area contributed by atoms with E-state index in [1.165, 1.54) is 4.31 Å². The van der Waals surface area contributed by atoms with Crippen LogP contribution < -0.4 is 4.31 Å². The van der Waals surface area contributed by atoms with Gasteiger partial charge in [-0.3, -0.25) is 4.31 Å². The molecule has 1 aliphatic rings. The second-order valence-corrected chi connectivity index (χ2v) is 6.61. The van der Waals surface area contributed by atoms with E-state index in [1.807, 2.05) is 24.3 Å². The number of sulfonamides is 1. The van der Waals surface area contributed by atoms with Gasteiger partial charge in [-0.1, -0.05) is 12.1 Å². The van der Waals surface area contributed by atoms with Crippen molar-refractivity contribution in [1.29, 1.82) is 0 Å². The molecular weight excluding hydrogens is 250 g/mol. The summed E-state index contributed by atoms with van der Waals surface area (Å²) in [6, 6.07) is 7.60. The molecule has 5 heteroatoms. The molecule has 0 unspecified atom stereocenters. The number of hydrogen-bond donors (Lipinski definition) is 1. The highest BCUT2D eigenvalue weighted by Gasteiger charge is 2.25. The Hall–Kier alpha value is -1.07. The number of aliphatic hydroxyl groups is 1. The molecule has 2 rings (SSSR count). The summed E-state index contributed by atoms with van der Waals surface area (Å²) in [5.41, 5.74) is 1.83. The van der Waals surface area contributed by atoms with Gasteiger partial charge in [0.1, 0.15) is 0 Å². The lowest BCUT2D eigenvalue weighted by Gasteiger charge is -2.28. The van der Waals surface area contributed by atoms with Crippen molar-refractivity contribution >= 4 is 15.7 Å². The molecule has 18 heavy (non-hydrogen) atoms. The van der Waals surface area contributed by atoms with Gasteiger partial charge in [0.15, 0.2) is 0 Å².